The molecule has 1 unspecified atom stereocenters. The zero-order valence-electron chi connectivity index (χ0n) is 15.5. The van der Waals surface area contributed by atoms with Crippen LogP contribution in [0.15, 0.2) is 18.2 Å². The van der Waals surface area contributed by atoms with Crippen molar-refractivity contribution in [1.82, 2.24) is 0 Å². The molecule has 0 radical (unpaired) electrons. The van der Waals surface area contributed by atoms with Gasteiger partial charge in [-0.05, 0) is 54.5 Å². The standard InChI is InChI=1S/C18H27NO5/c1-12-8-9-14-13(10-12)18(15(20)19-14,24-23-17(5,6)7)11-21-22-16(2,3)4/h8-10H,11H2,1-7H3,(H,19,20). The monoisotopic (exact) mass is 337 g/mol. The number of hydrogen-bond donors (Lipinski definition) is 1. The van der Waals surface area contributed by atoms with Crippen LogP contribution in [0.1, 0.15) is 52.7 Å². The van der Waals surface area contributed by atoms with Gasteiger partial charge in [0.2, 0.25) is 5.60 Å². The number of benzene rings is 1. The van der Waals surface area contributed by atoms with Crippen molar-refractivity contribution in [3.63, 3.8) is 0 Å². The van der Waals surface area contributed by atoms with Crippen molar-refractivity contribution in [2.75, 3.05) is 11.9 Å². The molecule has 1 atom stereocenters. The first-order valence-electron chi connectivity index (χ1n) is 8.03. The minimum Gasteiger partial charge on any atom is -0.323 e. The van der Waals surface area contributed by atoms with Gasteiger partial charge in [-0.15, -0.1) is 0 Å². The van der Waals surface area contributed by atoms with Gasteiger partial charge in [0.1, 0.15) is 6.61 Å². The molecule has 0 aromatic heterocycles. The van der Waals surface area contributed by atoms with Gasteiger partial charge in [0.15, 0.2) is 0 Å². The highest BCUT2D eigenvalue weighted by atomic mass is 17.2. The van der Waals surface area contributed by atoms with Crippen LogP contribution >= 0.6 is 0 Å². The van der Waals surface area contributed by atoms with E-state index in [-0.39, 0.29) is 12.5 Å². The minimum absolute atomic E-state index is 0.122. The van der Waals surface area contributed by atoms with Crippen molar-refractivity contribution >= 4 is 11.6 Å². The fourth-order valence-electron chi connectivity index (χ4n) is 2.18. The van der Waals surface area contributed by atoms with E-state index >= 15 is 0 Å². The molecule has 1 aromatic carbocycles. The molecule has 0 aliphatic carbocycles. The van der Waals surface area contributed by atoms with Crippen molar-refractivity contribution in [2.24, 2.45) is 0 Å². The summed E-state index contributed by atoms with van der Waals surface area (Å²) >= 11 is 0. The molecular formula is C18H27NO5. The zero-order chi connectivity index (χ0) is 18.2. The largest absolute Gasteiger partial charge is 0.323 e. The van der Waals surface area contributed by atoms with Gasteiger partial charge in [-0.25, -0.2) is 19.6 Å². The fraction of sp³-hybridized carbons (Fsp3) is 0.611. The highest BCUT2D eigenvalue weighted by Crippen LogP contribution is 2.41. The van der Waals surface area contributed by atoms with Gasteiger partial charge in [0.05, 0.1) is 11.2 Å². The molecule has 0 saturated carbocycles. The van der Waals surface area contributed by atoms with E-state index in [1.807, 2.05) is 66.7 Å². The molecule has 1 N–H and O–H groups in total. The molecule has 2 rings (SSSR count). The van der Waals surface area contributed by atoms with Crippen LogP contribution in [0, 0.1) is 6.92 Å². The topological polar surface area (TPSA) is 66.0 Å². The molecule has 24 heavy (non-hydrogen) atoms. The first-order valence-corrected chi connectivity index (χ1v) is 8.03. The van der Waals surface area contributed by atoms with Crippen molar-refractivity contribution < 1.29 is 24.3 Å². The van der Waals surface area contributed by atoms with Crippen LogP contribution in [-0.4, -0.2) is 23.7 Å². The predicted molar refractivity (Wildman–Crippen MR) is 90.2 cm³/mol. The number of hydrogen-bond acceptors (Lipinski definition) is 5. The molecule has 1 amide bonds. The van der Waals surface area contributed by atoms with E-state index in [1.54, 1.807) is 0 Å². The first-order chi connectivity index (χ1) is 10.9. The molecule has 1 aliphatic rings. The maximum atomic E-state index is 12.7. The van der Waals surface area contributed by atoms with E-state index in [2.05, 4.69) is 5.32 Å². The molecule has 1 aromatic rings. The number of anilines is 1. The molecule has 6 nitrogen and oxygen atoms in total. The number of nitrogens with one attached hydrogen (secondary N) is 1. The Morgan fingerprint density at radius 1 is 1.04 bits per heavy atom. The number of fused-ring (bicyclic) bond motifs is 1. The van der Waals surface area contributed by atoms with Crippen LogP contribution in [0.25, 0.3) is 0 Å². The van der Waals surface area contributed by atoms with E-state index in [0.717, 1.165) is 5.56 Å². The third kappa shape index (κ3) is 4.33. The maximum absolute atomic E-state index is 12.7. The third-order valence-corrected chi connectivity index (χ3v) is 3.23. The zero-order valence-corrected chi connectivity index (χ0v) is 15.5. The Labute approximate surface area is 143 Å². The number of carbonyl (C=O) groups is 1. The van der Waals surface area contributed by atoms with Crippen molar-refractivity contribution in [1.29, 1.82) is 0 Å². The molecule has 6 heteroatoms. The minimum atomic E-state index is -1.42. The molecule has 0 fully saturated rings. The summed E-state index contributed by atoms with van der Waals surface area (Å²) < 4.78 is 0. The quantitative estimate of drug-likeness (QED) is 0.656. The summed E-state index contributed by atoms with van der Waals surface area (Å²) in [5.74, 6) is -0.343. The molecule has 134 valence electrons. The maximum Gasteiger partial charge on any atom is 0.267 e. The lowest BCUT2D eigenvalue weighted by Gasteiger charge is -2.30. The van der Waals surface area contributed by atoms with Gasteiger partial charge >= 0.3 is 0 Å². The van der Waals surface area contributed by atoms with Crippen LogP contribution < -0.4 is 5.32 Å². The van der Waals surface area contributed by atoms with E-state index in [4.69, 9.17) is 19.6 Å². The fourth-order valence-corrected chi connectivity index (χ4v) is 2.18. The van der Waals surface area contributed by atoms with Crippen molar-refractivity contribution in [3.05, 3.63) is 29.3 Å². The summed E-state index contributed by atoms with van der Waals surface area (Å²) in [6, 6.07) is 5.65. The Morgan fingerprint density at radius 2 is 1.67 bits per heavy atom. The number of aryl methyl sites for hydroxylation is 1. The molecule has 1 aliphatic heterocycles. The lowest BCUT2D eigenvalue weighted by Crippen LogP contribution is -2.44. The summed E-state index contributed by atoms with van der Waals surface area (Å²) in [6.07, 6.45) is 0. The second-order valence-corrected chi connectivity index (χ2v) is 8.07. The Hall–Kier alpha value is -1.47. The van der Waals surface area contributed by atoms with E-state index in [0.29, 0.717) is 11.3 Å². The van der Waals surface area contributed by atoms with Gasteiger partial charge in [0, 0.05) is 11.3 Å². The summed E-state index contributed by atoms with van der Waals surface area (Å²) in [5.41, 5.74) is -0.135. The Balaban J connectivity index is 2.33. The molecular weight excluding hydrogens is 310 g/mol. The van der Waals surface area contributed by atoms with Crippen LogP contribution in [-0.2, 0) is 29.9 Å². The SMILES string of the molecule is Cc1ccc2c(c1)C(COOC(C)(C)C)(OOC(C)(C)C)C(=O)N2. The van der Waals surface area contributed by atoms with Gasteiger partial charge in [-0.1, -0.05) is 17.7 Å². The number of carbonyl (C=O) groups excluding carboxylic acids is 1. The molecule has 1 heterocycles. The summed E-state index contributed by atoms with van der Waals surface area (Å²) in [5, 5.41) is 2.82. The van der Waals surface area contributed by atoms with Gasteiger partial charge in [-0.3, -0.25) is 4.79 Å². The van der Waals surface area contributed by atoms with Crippen molar-refractivity contribution in [3.8, 4) is 0 Å². The summed E-state index contributed by atoms with van der Waals surface area (Å²) in [4.78, 5) is 34.5. The van der Waals surface area contributed by atoms with Gasteiger partial charge in [0.25, 0.3) is 5.91 Å². The van der Waals surface area contributed by atoms with Gasteiger partial charge < -0.3 is 5.32 Å². The van der Waals surface area contributed by atoms with Gasteiger partial charge in [-0.2, -0.15) is 0 Å². The Kier molecular flexibility index (Phi) is 5.06. The van der Waals surface area contributed by atoms with Crippen LogP contribution in [0.3, 0.4) is 0 Å². The Bertz CT molecular complexity index is 615. The highest BCUT2D eigenvalue weighted by molar-refractivity contribution is 6.05. The van der Waals surface area contributed by atoms with Crippen LogP contribution in [0.4, 0.5) is 5.69 Å². The molecule has 0 saturated heterocycles. The van der Waals surface area contributed by atoms with E-state index in [1.165, 1.54) is 0 Å². The molecule has 0 bridgehead atoms. The van der Waals surface area contributed by atoms with E-state index < -0.39 is 16.8 Å². The Morgan fingerprint density at radius 3 is 2.25 bits per heavy atom. The van der Waals surface area contributed by atoms with Crippen LogP contribution in [0.2, 0.25) is 0 Å². The second kappa shape index (κ2) is 6.44. The summed E-state index contributed by atoms with van der Waals surface area (Å²) in [7, 11) is 0. The predicted octanol–water partition coefficient (Wildman–Crippen LogP) is 3.64. The molecule has 0 spiro atoms. The van der Waals surface area contributed by atoms with Crippen LogP contribution in [0.5, 0.6) is 0 Å². The average Bonchev–Trinajstić information content (AvgIpc) is 2.67. The lowest BCUT2D eigenvalue weighted by molar-refractivity contribution is -0.431. The third-order valence-electron chi connectivity index (χ3n) is 3.23. The number of amides is 1. The van der Waals surface area contributed by atoms with Crippen molar-refractivity contribution in [2.45, 2.75) is 65.3 Å². The highest BCUT2D eigenvalue weighted by Gasteiger charge is 2.51. The summed E-state index contributed by atoms with van der Waals surface area (Å²) in [6.45, 7) is 12.9. The lowest BCUT2D eigenvalue weighted by atomic mass is 9.95. The number of rotatable bonds is 5. The average molecular weight is 337 g/mol. The smallest absolute Gasteiger partial charge is 0.267 e. The normalized spacial score (nSPS) is 20.9. The second-order valence-electron chi connectivity index (χ2n) is 8.07. The van der Waals surface area contributed by atoms with E-state index in [9.17, 15) is 4.79 Å². The first kappa shape index (κ1) is 18.9.